The quantitative estimate of drug-likeness (QED) is 0.840. The van der Waals surface area contributed by atoms with E-state index in [1.54, 1.807) is 0 Å². The van der Waals surface area contributed by atoms with Crippen molar-refractivity contribution in [1.82, 2.24) is 0 Å². The van der Waals surface area contributed by atoms with Crippen LogP contribution in [0.1, 0.15) is 44.1 Å². The molecule has 0 bridgehead atoms. The van der Waals surface area contributed by atoms with Crippen LogP contribution in [-0.4, -0.2) is 12.5 Å². The number of amides is 1. The molecule has 21 heavy (non-hydrogen) atoms. The molecule has 0 spiro atoms. The van der Waals surface area contributed by atoms with Crippen molar-refractivity contribution in [2.24, 2.45) is 11.1 Å². The monoisotopic (exact) mass is 289 g/mol. The Bertz CT molecular complexity index is 557. The van der Waals surface area contributed by atoms with Crippen molar-refractivity contribution >= 4 is 11.6 Å². The Hall–Kier alpha value is -1.93. The number of nitrogens with two attached hydrogens (primary N) is 1. The largest absolute Gasteiger partial charge is 0.329 e. The molecule has 1 amide bonds. The van der Waals surface area contributed by atoms with E-state index in [9.17, 15) is 9.18 Å². The molecule has 112 valence electrons. The first-order valence-electron chi connectivity index (χ1n) is 7.32. The molecule has 0 unspecified atom stereocenters. The highest BCUT2D eigenvalue weighted by Crippen LogP contribution is 2.35. The van der Waals surface area contributed by atoms with Crippen LogP contribution in [0, 0.1) is 22.6 Å². The molecule has 1 aliphatic carbocycles. The van der Waals surface area contributed by atoms with Crippen LogP contribution in [0.15, 0.2) is 18.2 Å². The molecule has 1 fully saturated rings. The van der Waals surface area contributed by atoms with Gasteiger partial charge in [0.2, 0.25) is 5.91 Å². The first-order valence-corrected chi connectivity index (χ1v) is 7.32. The zero-order valence-corrected chi connectivity index (χ0v) is 12.0. The van der Waals surface area contributed by atoms with Crippen LogP contribution in [-0.2, 0) is 4.79 Å². The molecule has 1 aromatic carbocycles. The standard InChI is InChI=1S/C16H20FN3O/c17-13-9-12(10-18)5-6-14(13)20-15(21)16(11-19)7-3-1-2-4-8-16/h5-6,9H,1-4,7-8,11,19H2,(H,20,21). The van der Waals surface area contributed by atoms with Gasteiger partial charge >= 0.3 is 0 Å². The molecule has 1 aromatic rings. The third-order valence-electron chi connectivity index (χ3n) is 4.28. The lowest BCUT2D eigenvalue weighted by Crippen LogP contribution is -2.42. The molecule has 3 N–H and O–H groups in total. The van der Waals surface area contributed by atoms with Gasteiger partial charge in [0.05, 0.1) is 22.7 Å². The third-order valence-corrected chi connectivity index (χ3v) is 4.28. The Kier molecular flexibility index (Phi) is 4.92. The second-order valence-corrected chi connectivity index (χ2v) is 5.66. The van der Waals surface area contributed by atoms with Crippen LogP contribution >= 0.6 is 0 Å². The van der Waals surface area contributed by atoms with Crippen LogP contribution in [0.5, 0.6) is 0 Å². The second kappa shape index (κ2) is 6.68. The van der Waals surface area contributed by atoms with Gasteiger partial charge in [0.15, 0.2) is 0 Å². The molecular weight excluding hydrogens is 269 g/mol. The number of nitrogens with zero attached hydrogens (tertiary/aromatic N) is 1. The van der Waals surface area contributed by atoms with Gasteiger partial charge in [-0.2, -0.15) is 5.26 Å². The van der Waals surface area contributed by atoms with Crippen molar-refractivity contribution in [2.75, 3.05) is 11.9 Å². The van der Waals surface area contributed by atoms with E-state index in [0.717, 1.165) is 44.6 Å². The zero-order valence-electron chi connectivity index (χ0n) is 12.0. The van der Waals surface area contributed by atoms with E-state index in [1.807, 2.05) is 6.07 Å². The van der Waals surface area contributed by atoms with Gasteiger partial charge in [-0.1, -0.05) is 25.7 Å². The fraction of sp³-hybridized carbons (Fsp3) is 0.500. The van der Waals surface area contributed by atoms with Crippen molar-refractivity contribution in [3.63, 3.8) is 0 Å². The Morgan fingerprint density at radius 3 is 2.52 bits per heavy atom. The lowest BCUT2D eigenvalue weighted by atomic mass is 9.79. The summed E-state index contributed by atoms with van der Waals surface area (Å²) in [6, 6.07) is 5.90. The lowest BCUT2D eigenvalue weighted by molar-refractivity contribution is -0.125. The summed E-state index contributed by atoms with van der Waals surface area (Å²) in [5, 5.41) is 11.4. The van der Waals surface area contributed by atoms with Crippen LogP contribution in [0.3, 0.4) is 0 Å². The smallest absolute Gasteiger partial charge is 0.231 e. The number of anilines is 1. The number of carbonyl (C=O) groups excluding carboxylic acids is 1. The van der Waals surface area contributed by atoms with Gasteiger partial charge in [-0.05, 0) is 31.0 Å². The van der Waals surface area contributed by atoms with Gasteiger partial charge in [-0.3, -0.25) is 4.79 Å². The summed E-state index contributed by atoms with van der Waals surface area (Å²) in [4.78, 5) is 12.6. The first kappa shape index (κ1) is 15.5. The number of carbonyl (C=O) groups is 1. The Labute approximate surface area is 124 Å². The summed E-state index contributed by atoms with van der Waals surface area (Å²) < 4.78 is 13.9. The molecule has 5 heteroatoms. The van der Waals surface area contributed by atoms with Crippen molar-refractivity contribution in [2.45, 2.75) is 38.5 Å². The molecule has 0 radical (unpaired) electrons. The fourth-order valence-electron chi connectivity index (χ4n) is 2.87. The SMILES string of the molecule is N#Cc1ccc(NC(=O)C2(CN)CCCCCC2)c(F)c1. The molecule has 0 heterocycles. The number of nitriles is 1. The number of nitrogens with one attached hydrogen (secondary N) is 1. The van der Waals surface area contributed by atoms with E-state index >= 15 is 0 Å². The minimum Gasteiger partial charge on any atom is -0.329 e. The fourth-order valence-corrected chi connectivity index (χ4v) is 2.87. The highest BCUT2D eigenvalue weighted by Gasteiger charge is 2.37. The zero-order chi connectivity index (χ0) is 15.3. The van der Waals surface area contributed by atoms with Crippen molar-refractivity contribution in [1.29, 1.82) is 5.26 Å². The number of halogens is 1. The van der Waals surface area contributed by atoms with E-state index in [0.29, 0.717) is 0 Å². The maximum absolute atomic E-state index is 13.9. The maximum Gasteiger partial charge on any atom is 0.231 e. The summed E-state index contributed by atoms with van der Waals surface area (Å²) in [6.45, 7) is 0.275. The topological polar surface area (TPSA) is 78.9 Å². The maximum atomic E-state index is 13.9. The molecule has 1 aliphatic rings. The summed E-state index contributed by atoms with van der Waals surface area (Å²) in [7, 11) is 0. The summed E-state index contributed by atoms with van der Waals surface area (Å²) in [5.74, 6) is -0.807. The minimum absolute atomic E-state index is 0.107. The van der Waals surface area contributed by atoms with Gasteiger partial charge in [0.25, 0.3) is 0 Å². The Morgan fingerprint density at radius 1 is 1.33 bits per heavy atom. The van der Waals surface area contributed by atoms with Gasteiger partial charge < -0.3 is 11.1 Å². The Balaban J connectivity index is 2.17. The number of hydrogen-bond donors (Lipinski definition) is 2. The number of rotatable bonds is 3. The molecule has 0 aliphatic heterocycles. The van der Waals surface area contributed by atoms with Crippen LogP contribution in [0.25, 0.3) is 0 Å². The van der Waals surface area contributed by atoms with Crippen LogP contribution in [0.2, 0.25) is 0 Å². The molecule has 1 saturated carbocycles. The van der Waals surface area contributed by atoms with E-state index in [2.05, 4.69) is 5.32 Å². The van der Waals surface area contributed by atoms with Gasteiger partial charge in [0, 0.05) is 6.54 Å². The normalized spacial score (nSPS) is 17.6. The van der Waals surface area contributed by atoms with E-state index in [4.69, 9.17) is 11.0 Å². The molecule has 2 rings (SSSR count). The highest BCUT2D eigenvalue weighted by molar-refractivity contribution is 5.95. The second-order valence-electron chi connectivity index (χ2n) is 5.66. The molecular formula is C16H20FN3O. The summed E-state index contributed by atoms with van der Waals surface area (Å²) in [6.07, 6.45) is 5.65. The highest BCUT2D eigenvalue weighted by atomic mass is 19.1. The molecule has 0 saturated heterocycles. The first-order chi connectivity index (χ1) is 10.1. The average Bonchev–Trinajstić information content (AvgIpc) is 2.75. The third kappa shape index (κ3) is 3.40. The minimum atomic E-state index is -0.600. The van der Waals surface area contributed by atoms with Crippen LogP contribution < -0.4 is 11.1 Å². The number of benzene rings is 1. The molecule has 0 aromatic heterocycles. The van der Waals surface area contributed by atoms with Crippen molar-refractivity contribution in [3.05, 3.63) is 29.6 Å². The lowest BCUT2D eigenvalue weighted by Gasteiger charge is -2.29. The summed E-state index contributed by atoms with van der Waals surface area (Å²) >= 11 is 0. The summed E-state index contributed by atoms with van der Waals surface area (Å²) in [5.41, 5.74) is 5.59. The predicted octanol–water partition coefficient (Wildman–Crippen LogP) is 2.94. The van der Waals surface area contributed by atoms with E-state index in [-0.39, 0.29) is 23.7 Å². The van der Waals surface area contributed by atoms with Crippen LogP contribution in [0.4, 0.5) is 10.1 Å². The van der Waals surface area contributed by atoms with E-state index in [1.165, 1.54) is 12.1 Å². The Morgan fingerprint density at radius 2 is 2.00 bits per heavy atom. The van der Waals surface area contributed by atoms with Gasteiger partial charge in [0.1, 0.15) is 5.82 Å². The molecule has 0 atom stereocenters. The van der Waals surface area contributed by atoms with E-state index < -0.39 is 11.2 Å². The predicted molar refractivity (Wildman–Crippen MR) is 78.9 cm³/mol. The average molecular weight is 289 g/mol. The van der Waals surface area contributed by atoms with Crippen molar-refractivity contribution < 1.29 is 9.18 Å². The molecule has 4 nitrogen and oxygen atoms in total. The number of hydrogen-bond acceptors (Lipinski definition) is 3. The van der Waals surface area contributed by atoms with Gasteiger partial charge in [-0.25, -0.2) is 4.39 Å². The van der Waals surface area contributed by atoms with Gasteiger partial charge in [-0.15, -0.1) is 0 Å². The van der Waals surface area contributed by atoms with Crippen molar-refractivity contribution in [3.8, 4) is 6.07 Å².